The summed E-state index contributed by atoms with van der Waals surface area (Å²) in [6, 6.07) is 0. The van der Waals surface area contributed by atoms with E-state index in [-0.39, 0.29) is 42.4 Å². The molecular weight excluding hydrogens is 402 g/mol. The summed E-state index contributed by atoms with van der Waals surface area (Å²) in [5.74, 6) is -0.844. The summed E-state index contributed by atoms with van der Waals surface area (Å²) < 4.78 is 0. The van der Waals surface area contributed by atoms with Crippen LogP contribution in [0.1, 0.15) is 39.5 Å². The number of fused-ring (bicyclic) bond motifs is 7. The highest BCUT2D eigenvalue weighted by molar-refractivity contribution is 6.01. The van der Waals surface area contributed by atoms with Crippen LogP contribution in [0.15, 0.2) is 23.8 Å². The molecule has 1 aliphatic heterocycles. The highest BCUT2D eigenvalue weighted by atomic mass is 16.7. The Labute approximate surface area is 180 Å². The van der Waals surface area contributed by atoms with Gasteiger partial charge in [0.1, 0.15) is 6.61 Å². The van der Waals surface area contributed by atoms with Gasteiger partial charge in [0.05, 0.1) is 12.6 Å². The number of nitrogens with zero attached hydrogens (tertiary/aromatic N) is 1. The highest BCUT2D eigenvalue weighted by Gasteiger charge is 2.75. The predicted octanol–water partition coefficient (Wildman–Crippen LogP) is 1.72. The molecule has 5 aliphatic rings. The van der Waals surface area contributed by atoms with Crippen molar-refractivity contribution in [3.8, 4) is 0 Å². The second-order valence-corrected chi connectivity index (χ2v) is 10.4. The second kappa shape index (κ2) is 6.49. The molecule has 0 unspecified atom stereocenters. The molecule has 1 saturated heterocycles. The largest absolute Gasteiger partial charge is 0.463 e. The topological polar surface area (TPSA) is 124 Å². The van der Waals surface area contributed by atoms with Gasteiger partial charge in [0.15, 0.2) is 17.2 Å². The molecule has 8 heteroatoms. The standard InChI is InChI=1S/C23H29NO7/c1-21-6-5-14(26)7-12(21)3-4-15-16-8-13-10-24(20(29)30)31-23(13,18(28)11-25)22(16,2)9-17(27)19(15)21/h5-7,13,15-17,19,25,27H,3-4,8-11H2,1-2H3,(H,29,30)/t13-,15-,16-,17-,19+,21-,22-,23-/m0/s1. The van der Waals surface area contributed by atoms with Crippen LogP contribution in [0.2, 0.25) is 0 Å². The van der Waals surface area contributed by atoms with Crippen molar-refractivity contribution in [3.05, 3.63) is 23.8 Å². The number of rotatable bonds is 2. The van der Waals surface area contributed by atoms with Crippen molar-refractivity contribution in [2.75, 3.05) is 13.2 Å². The number of amides is 1. The van der Waals surface area contributed by atoms with Crippen LogP contribution in [0.3, 0.4) is 0 Å². The van der Waals surface area contributed by atoms with Crippen molar-refractivity contribution < 1.29 is 34.5 Å². The fourth-order valence-corrected chi connectivity index (χ4v) is 8.10. The zero-order valence-corrected chi connectivity index (χ0v) is 17.8. The Kier molecular flexibility index (Phi) is 4.37. The Bertz CT molecular complexity index is 927. The zero-order chi connectivity index (χ0) is 22.3. The van der Waals surface area contributed by atoms with Crippen LogP contribution in [-0.2, 0) is 14.4 Å². The maximum absolute atomic E-state index is 13.1. The van der Waals surface area contributed by atoms with Crippen LogP contribution in [0.5, 0.6) is 0 Å². The van der Waals surface area contributed by atoms with Crippen LogP contribution in [-0.4, -0.2) is 62.9 Å². The van der Waals surface area contributed by atoms with Gasteiger partial charge in [0.2, 0.25) is 0 Å². The van der Waals surface area contributed by atoms with Crippen molar-refractivity contribution in [2.45, 2.75) is 51.2 Å². The van der Waals surface area contributed by atoms with E-state index < -0.39 is 41.0 Å². The lowest BCUT2D eigenvalue weighted by molar-refractivity contribution is -0.237. The summed E-state index contributed by atoms with van der Waals surface area (Å²) in [4.78, 5) is 42.5. The maximum Gasteiger partial charge on any atom is 0.431 e. The quantitative estimate of drug-likeness (QED) is 0.608. The third-order valence-corrected chi connectivity index (χ3v) is 9.26. The van der Waals surface area contributed by atoms with E-state index in [2.05, 4.69) is 6.92 Å². The molecule has 31 heavy (non-hydrogen) atoms. The van der Waals surface area contributed by atoms with E-state index in [0.29, 0.717) is 6.42 Å². The van der Waals surface area contributed by atoms with Crippen LogP contribution >= 0.6 is 0 Å². The number of aliphatic hydroxyl groups is 2. The first-order chi connectivity index (χ1) is 14.6. The maximum atomic E-state index is 13.1. The first-order valence-electron chi connectivity index (χ1n) is 11.0. The lowest BCUT2D eigenvalue weighted by Gasteiger charge is -2.59. The molecule has 1 amide bonds. The lowest BCUT2D eigenvalue weighted by atomic mass is 9.46. The van der Waals surface area contributed by atoms with E-state index in [4.69, 9.17) is 4.84 Å². The molecule has 0 bridgehead atoms. The van der Waals surface area contributed by atoms with Gasteiger partial charge in [-0.05, 0) is 49.7 Å². The van der Waals surface area contributed by atoms with Gasteiger partial charge in [-0.15, -0.1) is 0 Å². The number of ketones is 2. The van der Waals surface area contributed by atoms with Crippen LogP contribution < -0.4 is 0 Å². The minimum Gasteiger partial charge on any atom is -0.463 e. The number of aliphatic hydroxyl groups excluding tert-OH is 2. The van der Waals surface area contributed by atoms with Gasteiger partial charge in [0.25, 0.3) is 0 Å². The molecular formula is C23H29NO7. The van der Waals surface area contributed by atoms with E-state index in [1.54, 1.807) is 12.2 Å². The molecule has 3 N–H and O–H groups in total. The molecule has 4 aliphatic carbocycles. The Morgan fingerprint density at radius 1 is 1.32 bits per heavy atom. The fraction of sp³-hybridized carbons (Fsp3) is 0.696. The molecule has 1 heterocycles. The van der Waals surface area contributed by atoms with Crippen LogP contribution in [0.4, 0.5) is 4.79 Å². The molecule has 168 valence electrons. The smallest absolute Gasteiger partial charge is 0.431 e. The third kappa shape index (κ3) is 2.44. The fourth-order valence-electron chi connectivity index (χ4n) is 8.10. The van der Waals surface area contributed by atoms with E-state index in [1.165, 1.54) is 0 Å². The van der Waals surface area contributed by atoms with Crippen molar-refractivity contribution in [1.29, 1.82) is 0 Å². The molecule has 0 spiro atoms. The molecule has 3 saturated carbocycles. The van der Waals surface area contributed by atoms with E-state index in [1.807, 2.05) is 13.0 Å². The zero-order valence-electron chi connectivity index (χ0n) is 17.8. The van der Waals surface area contributed by atoms with E-state index >= 15 is 0 Å². The molecule has 4 fully saturated rings. The van der Waals surface area contributed by atoms with E-state index in [9.17, 15) is 29.7 Å². The minimum absolute atomic E-state index is 0.0221. The molecule has 0 aromatic rings. The minimum atomic E-state index is -1.45. The van der Waals surface area contributed by atoms with Crippen LogP contribution in [0.25, 0.3) is 0 Å². The summed E-state index contributed by atoms with van der Waals surface area (Å²) in [5.41, 5.74) is -1.62. The summed E-state index contributed by atoms with van der Waals surface area (Å²) >= 11 is 0. The van der Waals surface area contributed by atoms with Crippen molar-refractivity contribution in [2.24, 2.45) is 34.5 Å². The van der Waals surface area contributed by atoms with E-state index in [0.717, 1.165) is 23.5 Å². The van der Waals surface area contributed by atoms with Crippen molar-refractivity contribution in [3.63, 3.8) is 0 Å². The second-order valence-electron chi connectivity index (χ2n) is 10.4. The summed E-state index contributed by atoms with van der Waals surface area (Å²) in [7, 11) is 0. The lowest BCUT2D eigenvalue weighted by Crippen LogP contribution is -2.63. The normalized spacial score (nSPS) is 47.9. The number of Topliss-reactive ketones (excluding diaryl/α,β-unsaturated/α-hetero) is 1. The van der Waals surface area contributed by atoms with Gasteiger partial charge in [-0.3, -0.25) is 14.4 Å². The summed E-state index contributed by atoms with van der Waals surface area (Å²) in [5, 5.41) is 31.5. The molecule has 8 atom stereocenters. The summed E-state index contributed by atoms with van der Waals surface area (Å²) in [6.45, 7) is 3.35. The molecule has 0 radical (unpaired) electrons. The number of hydrogen-bond acceptors (Lipinski definition) is 6. The summed E-state index contributed by atoms with van der Waals surface area (Å²) in [6.07, 6.45) is 5.64. The highest BCUT2D eigenvalue weighted by Crippen LogP contribution is 2.70. The third-order valence-electron chi connectivity index (χ3n) is 9.26. The number of hydroxylamine groups is 2. The van der Waals surface area contributed by atoms with Gasteiger partial charge >= 0.3 is 6.09 Å². The molecule has 5 rings (SSSR count). The van der Waals surface area contributed by atoms with Gasteiger partial charge in [-0.1, -0.05) is 25.5 Å². The van der Waals surface area contributed by atoms with Gasteiger partial charge in [0, 0.05) is 22.7 Å². The first kappa shape index (κ1) is 20.8. The van der Waals surface area contributed by atoms with Gasteiger partial charge in [-0.25, -0.2) is 4.79 Å². The first-order valence-corrected chi connectivity index (χ1v) is 11.0. The number of carbonyl (C=O) groups is 3. The Morgan fingerprint density at radius 3 is 2.74 bits per heavy atom. The van der Waals surface area contributed by atoms with Gasteiger partial charge < -0.3 is 15.3 Å². The monoisotopic (exact) mass is 431 g/mol. The molecule has 0 aromatic heterocycles. The van der Waals surface area contributed by atoms with Gasteiger partial charge in [-0.2, -0.15) is 5.06 Å². The SMILES string of the molecule is C[C@]12C=CC(=O)C=C1CC[C@@H]1[C@@H]2[C@@H](O)C[C@@]2(C)[C@H]1C[C@H]1CN(C(=O)O)O[C@]12C(=O)CO. The predicted molar refractivity (Wildman–Crippen MR) is 108 cm³/mol. The van der Waals surface area contributed by atoms with Crippen molar-refractivity contribution >= 4 is 17.7 Å². The number of hydrogen-bond donors (Lipinski definition) is 3. The van der Waals surface area contributed by atoms with Crippen LogP contribution in [0, 0.1) is 34.5 Å². The number of carbonyl (C=O) groups excluding carboxylic acids is 2. The average molecular weight is 431 g/mol. The van der Waals surface area contributed by atoms with Crippen molar-refractivity contribution in [1.82, 2.24) is 5.06 Å². The Morgan fingerprint density at radius 2 is 2.06 bits per heavy atom. The number of carboxylic acid groups (broad SMARTS) is 1. The number of allylic oxidation sites excluding steroid dienone is 4. The Balaban J connectivity index is 1.58. The molecule has 0 aromatic carbocycles. The average Bonchev–Trinajstić information content (AvgIpc) is 3.21. The Hall–Kier alpha value is -2.03. The molecule has 8 nitrogen and oxygen atoms in total.